The van der Waals surface area contributed by atoms with Gasteiger partial charge in [0.2, 0.25) is 0 Å². The molecule has 2 nitrogen and oxygen atoms in total. The molecule has 106 valence electrons. The van der Waals surface area contributed by atoms with Crippen molar-refractivity contribution in [3.63, 3.8) is 0 Å². The Hall–Kier alpha value is -2.26. The van der Waals surface area contributed by atoms with Crippen molar-refractivity contribution in [1.29, 1.82) is 0 Å². The summed E-state index contributed by atoms with van der Waals surface area (Å²) >= 11 is 0. The molecule has 0 aliphatic carbocycles. The molecule has 0 bridgehead atoms. The first-order valence-corrected chi connectivity index (χ1v) is 7.03. The summed E-state index contributed by atoms with van der Waals surface area (Å²) in [5.41, 5.74) is 3.87. The maximum atomic E-state index is 13.6. The van der Waals surface area contributed by atoms with Gasteiger partial charge in [0.25, 0.3) is 0 Å². The van der Waals surface area contributed by atoms with Crippen LogP contribution in [0.4, 0.5) is 4.39 Å². The molecule has 21 heavy (non-hydrogen) atoms. The van der Waals surface area contributed by atoms with Crippen molar-refractivity contribution in [2.75, 3.05) is 0 Å². The quantitative estimate of drug-likeness (QED) is 0.782. The molecule has 0 amide bonds. The number of para-hydroxylation sites is 1. The maximum Gasteiger partial charge on any atom is 0.127 e. The Bertz CT molecular complexity index is 768. The lowest BCUT2D eigenvalue weighted by molar-refractivity contribution is 0.588. The first kappa shape index (κ1) is 13.7. The van der Waals surface area contributed by atoms with E-state index in [1.807, 2.05) is 31.2 Å². The highest BCUT2D eigenvalue weighted by Crippen LogP contribution is 2.18. The summed E-state index contributed by atoms with van der Waals surface area (Å²) in [4.78, 5) is 4.53. The van der Waals surface area contributed by atoms with Crippen LogP contribution in [0.5, 0.6) is 0 Å². The Morgan fingerprint density at radius 3 is 2.52 bits per heavy atom. The third-order valence-corrected chi connectivity index (χ3v) is 3.52. The van der Waals surface area contributed by atoms with Crippen molar-refractivity contribution >= 4 is 10.9 Å². The summed E-state index contributed by atoms with van der Waals surface area (Å²) in [7, 11) is 0. The van der Waals surface area contributed by atoms with Gasteiger partial charge in [-0.05, 0) is 30.7 Å². The lowest BCUT2D eigenvalue weighted by Crippen LogP contribution is -2.14. The first-order valence-electron chi connectivity index (χ1n) is 7.03. The van der Waals surface area contributed by atoms with Crippen LogP contribution in [0.3, 0.4) is 0 Å². The number of nitrogens with one attached hydrogen (secondary N) is 1. The Morgan fingerprint density at radius 1 is 0.952 bits per heavy atom. The van der Waals surface area contributed by atoms with E-state index in [0.29, 0.717) is 18.7 Å². The van der Waals surface area contributed by atoms with E-state index in [1.165, 1.54) is 11.6 Å². The van der Waals surface area contributed by atoms with E-state index in [-0.39, 0.29) is 5.82 Å². The van der Waals surface area contributed by atoms with Gasteiger partial charge in [0, 0.05) is 29.7 Å². The summed E-state index contributed by atoms with van der Waals surface area (Å²) in [6, 6.07) is 17.0. The zero-order valence-corrected chi connectivity index (χ0v) is 11.9. The molecule has 0 radical (unpaired) electrons. The van der Waals surface area contributed by atoms with Crippen LogP contribution in [0.25, 0.3) is 10.9 Å². The summed E-state index contributed by atoms with van der Waals surface area (Å²) in [5.74, 6) is -0.166. The average molecular weight is 280 g/mol. The SMILES string of the molecule is Cc1cc(CNCc2ccccc2F)c2ccccc2n1. The van der Waals surface area contributed by atoms with Crippen LogP contribution in [-0.2, 0) is 13.1 Å². The second kappa shape index (κ2) is 6.02. The van der Waals surface area contributed by atoms with Crippen molar-refractivity contribution in [3.8, 4) is 0 Å². The van der Waals surface area contributed by atoms with Gasteiger partial charge in [-0.1, -0.05) is 36.4 Å². The second-order valence-electron chi connectivity index (χ2n) is 5.13. The van der Waals surface area contributed by atoms with E-state index in [9.17, 15) is 4.39 Å². The third kappa shape index (κ3) is 3.09. The molecule has 0 spiro atoms. The van der Waals surface area contributed by atoms with Crippen molar-refractivity contribution in [2.45, 2.75) is 20.0 Å². The molecule has 3 rings (SSSR count). The zero-order chi connectivity index (χ0) is 14.7. The monoisotopic (exact) mass is 280 g/mol. The average Bonchev–Trinajstić information content (AvgIpc) is 2.49. The fraction of sp³-hybridized carbons (Fsp3) is 0.167. The van der Waals surface area contributed by atoms with Gasteiger partial charge < -0.3 is 5.32 Å². The van der Waals surface area contributed by atoms with E-state index >= 15 is 0 Å². The number of aryl methyl sites for hydroxylation is 1. The van der Waals surface area contributed by atoms with E-state index in [0.717, 1.165) is 16.6 Å². The topological polar surface area (TPSA) is 24.9 Å². The Balaban J connectivity index is 1.78. The predicted octanol–water partition coefficient (Wildman–Crippen LogP) is 3.97. The summed E-state index contributed by atoms with van der Waals surface area (Å²) in [5, 5.41) is 4.45. The van der Waals surface area contributed by atoms with Gasteiger partial charge in [-0.2, -0.15) is 0 Å². The second-order valence-corrected chi connectivity index (χ2v) is 5.13. The normalized spacial score (nSPS) is 11.0. The molecular weight excluding hydrogens is 263 g/mol. The molecule has 1 aromatic heterocycles. The van der Waals surface area contributed by atoms with Gasteiger partial charge in [0.1, 0.15) is 5.82 Å². The highest BCUT2D eigenvalue weighted by Gasteiger charge is 2.04. The Labute approximate surface area is 123 Å². The molecule has 0 unspecified atom stereocenters. The van der Waals surface area contributed by atoms with Crippen molar-refractivity contribution < 1.29 is 4.39 Å². The van der Waals surface area contributed by atoms with Crippen LogP contribution < -0.4 is 5.32 Å². The molecule has 3 aromatic rings. The molecule has 0 aliphatic rings. The Morgan fingerprint density at radius 2 is 1.67 bits per heavy atom. The first-order chi connectivity index (χ1) is 10.2. The van der Waals surface area contributed by atoms with Gasteiger partial charge in [-0.15, -0.1) is 0 Å². The van der Waals surface area contributed by atoms with Gasteiger partial charge in [0.05, 0.1) is 5.52 Å². The minimum absolute atomic E-state index is 0.166. The smallest absolute Gasteiger partial charge is 0.127 e. The maximum absolute atomic E-state index is 13.6. The van der Waals surface area contributed by atoms with Gasteiger partial charge in [0.15, 0.2) is 0 Å². The number of rotatable bonds is 4. The van der Waals surface area contributed by atoms with Gasteiger partial charge in [-0.3, -0.25) is 4.98 Å². The van der Waals surface area contributed by atoms with Gasteiger partial charge >= 0.3 is 0 Å². The summed E-state index contributed by atoms with van der Waals surface area (Å²) in [6.07, 6.45) is 0. The molecule has 0 saturated heterocycles. The molecule has 0 fully saturated rings. The van der Waals surface area contributed by atoms with Crippen LogP contribution in [0.1, 0.15) is 16.8 Å². The van der Waals surface area contributed by atoms with Crippen LogP contribution in [0.2, 0.25) is 0 Å². The van der Waals surface area contributed by atoms with E-state index < -0.39 is 0 Å². The van der Waals surface area contributed by atoms with Crippen LogP contribution in [0.15, 0.2) is 54.6 Å². The molecule has 3 heteroatoms. The standard InChI is InChI=1S/C18H17FN2/c1-13-10-15(16-7-3-5-9-18(16)21-13)12-20-11-14-6-2-4-8-17(14)19/h2-10,20H,11-12H2,1H3. The fourth-order valence-corrected chi connectivity index (χ4v) is 2.51. The fourth-order valence-electron chi connectivity index (χ4n) is 2.51. The minimum Gasteiger partial charge on any atom is -0.308 e. The van der Waals surface area contributed by atoms with Crippen molar-refractivity contribution in [1.82, 2.24) is 10.3 Å². The number of aromatic nitrogens is 1. The molecule has 2 aromatic carbocycles. The number of fused-ring (bicyclic) bond motifs is 1. The highest BCUT2D eigenvalue weighted by molar-refractivity contribution is 5.82. The summed E-state index contributed by atoms with van der Waals surface area (Å²) in [6.45, 7) is 3.20. The van der Waals surface area contributed by atoms with Gasteiger partial charge in [-0.25, -0.2) is 4.39 Å². The van der Waals surface area contributed by atoms with Crippen LogP contribution in [-0.4, -0.2) is 4.98 Å². The molecule has 0 atom stereocenters. The molecule has 0 saturated carbocycles. The predicted molar refractivity (Wildman–Crippen MR) is 83.4 cm³/mol. The highest BCUT2D eigenvalue weighted by atomic mass is 19.1. The molecule has 0 aliphatic heterocycles. The third-order valence-electron chi connectivity index (χ3n) is 3.52. The largest absolute Gasteiger partial charge is 0.308 e. The lowest BCUT2D eigenvalue weighted by atomic mass is 10.1. The number of hydrogen-bond donors (Lipinski definition) is 1. The molecule has 1 N–H and O–H groups in total. The van der Waals surface area contributed by atoms with E-state index in [4.69, 9.17) is 0 Å². The van der Waals surface area contributed by atoms with Crippen molar-refractivity contribution in [3.05, 3.63) is 77.2 Å². The van der Waals surface area contributed by atoms with E-state index in [2.05, 4.69) is 22.4 Å². The number of pyridine rings is 1. The summed E-state index contributed by atoms with van der Waals surface area (Å²) < 4.78 is 13.6. The zero-order valence-electron chi connectivity index (χ0n) is 11.9. The van der Waals surface area contributed by atoms with Crippen LogP contribution >= 0.6 is 0 Å². The van der Waals surface area contributed by atoms with E-state index in [1.54, 1.807) is 12.1 Å². The number of halogens is 1. The molecule has 1 heterocycles. The lowest BCUT2D eigenvalue weighted by Gasteiger charge is -2.10. The molecular formula is C18H17FN2. The number of nitrogens with zero attached hydrogens (tertiary/aromatic N) is 1. The van der Waals surface area contributed by atoms with Crippen LogP contribution in [0, 0.1) is 12.7 Å². The number of benzene rings is 2. The number of hydrogen-bond acceptors (Lipinski definition) is 2. The van der Waals surface area contributed by atoms with Crippen molar-refractivity contribution in [2.24, 2.45) is 0 Å². The minimum atomic E-state index is -0.166. The Kier molecular flexibility index (Phi) is 3.93.